The van der Waals surface area contributed by atoms with E-state index in [9.17, 15) is 5.11 Å². The summed E-state index contributed by atoms with van der Waals surface area (Å²) < 4.78 is 0. The summed E-state index contributed by atoms with van der Waals surface area (Å²) in [5.74, 6) is 1.14. The van der Waals surface area contributed by atoms with Crippen LogP contribution in [0.2, 0.25) is 0 Å². The minimum absolute atomic E-state index is 0.207. The molecule has 3 heteroatoms. The molecule has 0 spiro atoms. The molecule has 0 bridgehead atoms. The van der Waals surface area contributed by atoms with E-state index in [1.165, 1.54) is 17.8 Å². The van der Waals surface area contributed by atoms with Crippen LogP contribution in [0.5, 0.6) is 0 Å². The predicted molar refractivity (Wildman–Crippen MR) is 61.7 cm³/mol. The van der Waals surface area contributed by atoms with Gasteiger partial charge in [0.25, 0.3) is 0 Å². The van der Waals surface area contributed by atoms with Crippen molar-refractivity contribution in [3.8, 4) is 0 Å². The summed E-state index contributed by atoms with van der Waals surface area (Å²) in [6, 6.07) is 0. The zero-order chi connectivity index (χ0) is 9.84. The van der Waals surface area contributed by atoms with E-state index in [-0.39, 0.29) is 6.10 Å². The second-order valence-electron chi connectivity index (χ2n) is 3.95. The van der Waals surface area contributed by atoms with Gasteiger partial charge < -0.3 is 10.0 Å². The van der Waals surface area contributed by atoms with Gasteiger partial charge in [-0.1, -0.05) is 13.3 Å². The van der Waals surface area contributed by atoms with Crippen LogP contribution in [0.4, 0.5) is 0 Å². The maximum Gasteiger partial charge on any atom is 0.0814 e. The van der Waals surface area contributed by atoms with E-state index in [0.29, 0.717) is 11.8 Å². The zero-order valence-corrected chi connectivity index (χ0v) is 9.67. The molecule has 1 saturated heterocycles. The molecular formula is C10H21NOS. The van der Waals surface area contributed by atoms with Crippen LogP contribution in [0.1, 0.15) is 13.3 Å². The van der Waals surface area contributed by atoms with E-state index < -0.39 is 0 Å². The molecule has 0 aromatic carbocycles. The van der Waals surface area contributed by atoms with Crippen molar-refractivity contribution >= 4 is 16.7 Å². The van der Waals surface area contributed by atoms with E-state index in [1.807, 2.05) is 5.37 Å². The second-order valence-corrected chi connectivity index (χ2v) is 4.77. The Morgan fingerprint density at radius 2 is 2.31 bits per heavy atom. The summed E-state index contributed by atoms with van der Waals surface area (Å²) in [4.78, 5) is 2.32. The van der Waals surface area contributed by atoms with Crippen molar-refractivity contribution in [3.63, 3.8) is 0 Å². The largest absolute Gasteiger partial charge is 0.388 e. The number of hydrogen-bond acceptors (Lipinski definition) is 2. The molecule has 1 heterocycles. The molecule has 13 heavy (non-hydrogen) atoms. The lowest BCUT2D eigenvalue weighted by Gasteiger charge is -2.19. The number of thiol groups is 1. The van der Waals surface area contributed by atoms with Gasteiger partial charge in [-0.3, -0.25) is 0 Å². The molecule has 0 aromatic heterocycles. The average Bonchev–Trinajstić information content (AvgIpc) is 2.47. The quantitative estimate of drug-likeness (QED) is 0.524. The van der Waals surface area contributed by atoms with Crippen molar-refractivity contribution in [2.45, 2.75) is 19.4 Å². The molecule has 1 rings (SSSR count). The van der Waals surface area contributed by atoms with Gasteiger partial charge in [-0.2, -0.15) is 0 Å². The van der Waals surface area contributed by atoms with Crippen LogP contribution >= 0.6 is 11.4 Å². The Morgan fingerprint density at radius 3 is 2.85 bits per heavy atom. The molecular weight excluding hydrogens is 182 g/mol. The van der Waals surface area contributed by atoms with Crippen molar-refractivity contribution in [1.82, 2.24) is 4.90 Å². The van der Waals surface area contributed by atoms with Gasteiger partial charge in [-0.25, -0.2) is 11.4 Å². The van der Waals surface area contributed by atoms with Crippen LogP contribution in [0.3, 0.4) is 0 Å². The first-order valence-electron chi connectivity index (χ1n) is 4.98. The first-order chi connectivity index (χ1) is 6.19. The molecule has 1 fully saturated rings. The number of aliphatic hydroxyl groups is 1. The van der Waals surface area contributed by atoms with Crippen molar-refractivity contribution in [2.75, 3.05) is 26.4 Å². The number of rotatable bonds is 3. The molecule has 0 saturated carbocycles. The molecule has 0 aromatic rings. The number of aliphatic hydroxyl groups excluding tert-OH is 1. The van der Waals surface area contributed by atoms with Gasteiger partial charge in [0.15, 0.2) is 0 Å². The first kappa shape index (κ1) is 11.2. The van der Waals surface area contributed by atoms with E-state index in [1.54, 1.807) is 0 Å². The summed E-state index contributed by atoms with van der Waals surface area (Å²) >= 11 is 1.19. The fourth-order valence-electron chi connectivity index (χ4n) is 2.20. The standard InChI is InChI=1S/C10H21NOS/c1-4-8-5-11(2)6-9(8)10(12)7-13-3/h7-10,12-13H,4-6H2,1-3H3/t8-,9?,10?/m1/s1. The lowest BCUT2D eigenvalue weighted by molar-refractivity contribution is 0.154. The Hall–Kier alpha value is 0.140. The molecule has 3 atom stereocenters. The highest BCUT2D eigenvalue weighted by Crippen LogP contribution is 2.27. The molecule has 1 N–H and O–H groups in total. The molecule has 1 aliphatic rings. The highest BCUT2D eigenvalue weighted by atomic mass is 32.1. The smallest absolute Gasteiger partial charge is 0.0814 e. The molecule has 0 aliphatic carbocycles. The van der Waals surface area contributed by atoms with Crippen LogP contribution < -0.4 is 0 Å². The highest BCUT2D eigenvalue weighted by molar-refractivity contribution is 7.96. The van der Waals surface area contributed by atoms with Crippen molar-refractivity contribution in [2.24, 2.45) is 11.8 Å². The van der Waals surface area contributed by atoms with E-state index >= 15 is 0 Å². The normalized spacial score (nSPS) is 33.5. The predicted octanol–water partition coefficient (Wildman–Crippen LogP) is 0.833. The monoisotopic (exact) mass is 203 g/mol. The van der Waals surface area contributed by atoms with Crippen molar-refractivity contribution in [1.29, 1.82) is 0 Å². The summed E-state index contributed by atoms with van der Waals surface area (Å²) in [7, 11) is 2.14. The molecule has 0 amide bonds. The van der Waals surface area contributed by atoms with E-state index in [0.717, 1.165) is 13.1 Å². The summed E-state index contributed by atoms with van der Waals surface area (Å²) in [6.45, 7) is 4.41. The summed E-state index contributed by atoms with van der Waals surface area (Å²) in [5, 5.41) is 11.9. The summed E-state index contributed by atoms with van der Waals surface area (Å²) in [5.41, 5.74) is 0. The van der Waals surface area contributed by atoms with Crippen LogP contribution in [-0.2, 0) is 0 Å². The molecule has 2 unspecified atom stereocenters. The fourth-order valence-corrected chi connectivity index (χ4v) is 2.73. The average molecular weight is 203 g/mol. The third-order valence-electron chi connectivity index (χ3n) is 2.94. The molecule has 78 valence electrons. The Balaban J connectivity index is 2.56. The summed E-state index contributed by atoms with van der Waals surface area (Å²) in [6.07, 6.45) is 3.03. The second kappa shape index (κ2) is 5.13. The van der Waals surface area contributed by atoms with Crippen molar-refractivity contribution in [3.05, 3.63) is 0 Å². The fraction of sp³-hybridized carbons (Fsp3) is 0.900. The van der Waals surface area contributed by atoms with E-state index in [4.69, 9.17) is 0 Å². The zero-order valence-electron chi connectivity index (χ0n) is 8.77. The van der Waals surface area contributed by atoms with Crippen LogP contribution in [0, 0.1) is 11.8 Å². The highest BCUT2D eigenvalue weighted by Gasteiger charge is 2.33. The van der Waals surface area contributed by atoms with Crippen LogP contribution in [-0.4, -0.2) is 47.9 Å². The number of nitrogens with zero attached hydrogens (tertiary/aromatic N) is 1. The SMILES string of the molecule is CC[C@@H]1CN(C)CC1C(O)/C=[SH]/C. The van der Waals surface area contributed by atoms with Crippen LogP contribution in [0.15, 0.2) is 0 Å². The third-order valence-corrected chi connectivity index (χ3v) is 3.54. The lowest BCUT2D eigenvalue weighted by atomic mass is 9.90. The Kier molecular flexibility index (Phi) is 4.42. The molecule has 0 radical (unpaired) electrons. The Bertz CT molecular complexity index is 184. The third kappa shape index (κ3) is 2.79. The minimum Gasteiger partial charge on any atom is -0.388 e. The molecule has 2 nitrogen and oxygen atoms in total. The van der Waals surface area contributed by atoms with Crippen LogP contribution in [0.25, 0.3) is 0 Å². The van der Waals surface area contributed by atoms with Crippen molar-refractivity contribution < 1.29 is 5.11 Å². The van der Waals surface area contributed by atoms with Gasteiger partial charge in [0.2, 0.25) is 0 Å². The first-order valence-corrected chi connectivity index (χ1v) is 6.39. The Morgan fingerprint density at radius 1 is 1.62 bits per heavy atom. The number of likely N-dealkylation sites (tertiary alicyclic amines) is 1. The van der Waals surface area contributed by atoms with E-state index in [2.05, 4.69) is 25.1 Å². The minimum atomic E-state index is -0.207. The number of hydrogen-bond donors (Lipinski definition) is 2. The van der Waals surface area contributed by atoms with Gasteiger partial charge in [0.05, 0.1) is 6.10 Å². The maximum absolute atomic E-state index is 9.88. The lowest BCUT2D eigenvalue weighted by Crippen LogP contribution is -2.28. The van der Waals surface area contributed by atoms with Gasteiger partial charge in [-0.15, -0.1) is 0 Å². The van der Waals surface area contributed by atoms with Gasteiger partial charge in [0, 0.05) is 19.0 Å². The van der Waals surface area contributed by atoms with Gasteiger partial charge in [-0.05, 0) is 24.6 Å². The maximum atomic E-state index is 9.88. The molecule has 1 aliphatic heterocycles. The van der Waals surface area contributed by atoms with Gasteiger partial charge >= 0.3 is 0 Å². The Labute approximate surface area is 84.9 Å². The van der Waals surface area contributed by atoms with Gasteiger partial charge in [0.1, 0.15) is 0 Å². The topological polar surface area (TPSA) is 23.5 Å².